The molecule has 0 atom stereocenters. The predicted molar refractivity (Wildman–Crippen MR) is 88.4 cm³/mol. The standard InChI is InChI=1S/C16H35NSi/c1-14(2)10-13-18-12-9-11-17(15(3,4)5)16(6,7)8/h10H,9,11-13,18H2,1-8H3. The molecule has 0 saturated heterocycles. The third-order valence-electron chi connectivity index (χ3n) is 3.26. The highest BCUT2D eigenvalue weighted by atomic mass is 28.2. The summed E-state index contributed by atoms with van der Waals surface area (Å²) in [5.74, 6) is 0. The molecular weight excluding hydrogens is 234 g/mol. The average Bonchev–Trinajstić information content (AvgIpc) is 2.11. The van der Waals surface area contributed by atoms with Crippen molar-refractivity contribution in [1.82, 2.24) is 4.90 Å². The smallest absolute Gasteiger partial charge is 0.0240 e. The van der Waals surface area contributed by atoms with Crippen LogP contribution in [-0.4, -0.2) is 32.0 Å². The third kappa shape index (κ3) is 8.10. The van der Waals surface area contributed by atoms with Gasteiger partial charge < -0.3 is 0 Å². The van der Waals surface area contributed by atoms with Crippen LogP contribution in [0.4, 0.5) is 0 Å². The summed E-state index contributed by atoms with van der Waals surface area (Å²) in [5.41, 5.74) is 2.04. The van der Waals surface area contributed by atoms with Crippen molar-refractivity contribution in [2.24, 2.45) is 0 Å². The number of hydrogen-bond donors (Lipinski definition) is 0. The minimum absolute atomic E-state index is 0.135. The van der Waals surface area contributed by atoms with Crippen LogP contribution in [0, 0.1) is 0 Å². The lowest BCUT2D eigenvalue weighted by Crippen LogP contribution is -2.52. The van der Waals surface area contributed by atoms with Crippen LogP contribution in [0.5, 0.6) is 0 Å². The van der Waals surface area contributed by atoms with Crippen LogP contribution in [0.25, 0.3) is 0 Å². The van der Waals surface area contributed by atoms with Gasteiger partial charge in [0.15, 0.2) is 0 Å². The first kappa shape index (κ1) is 17.9. The number of rotatable bonds is 6. The molecule has 2 heteroatoms. The molecule has 18 heavy (non-hydrogen) atoms. The Kier molecular flexibility index (Phi) is 7.46. The maximum Gasteiger partial charge on any atom is 0.0240 e. The molecule has 0 fully saturated rings. The predicted octanol–water partition coefficient (Wildman–Crippen LogP) is 4.25. The van der Waals surface area contributed by atoms with E-state index in [-0.39, 0.29) is 20.6 Å². The maximum absolute atomic E-state index is 2.65. The Morgan fingerprint density at radius 1 is 1.00 bits per heavy atom. The first-order valence-corrected chi connectivity index (χ1v) is 9.46. The van der Waals surface area contributed by atoms with Crippen molar-refractivity contribution in [2.75, 3.05) is 6.54 Å². The second-order valence-corrected chi connectivity index (χ2v) is 9.62. The molecule has 0 N–H and O–H groups in total. The summed E-state index contributed by atoms with van der Waals surface area (Å²) in [6, 6.07) is 2.86. The first-order chi connectivity index (χ1) is 8.05. The second kappa shape index (κ2) is 7.49. The molecule has 0 spiro atoms. The van der Waals surface area contributed by atoms with Crippen LogP contribution in [0.1, 0.15) is 61.8 Å². The summed E-state index contributed by atoms with van der Waals surface area (Å²) in [5, 5.41) is 0. The van der Waals surface area contributed by atoms with Crippen molar-refractivity contribution in [3.05, 3.63) is 11.6 Å². The molecular formula is C16H35NSi. The molecule has 0 aliphatic carbocycles. The minimum atomic E-state index is 0.135. The van der Waals surface area contributed by atoms with Gasteiger partial charge in [-0.15, -0.1) is 0 Å². The Morgan fingerprint density at radius 2 is 1.50 bits per heavy atom. The Bertz CT molecular complexity index is 237. The van der Waals surface area contributed by atoms with Crippen molar-refractivity contribution in [1.29, 1.82) is 0 Å². The lowest BCUT2D eigenvalue weighted by Gasteiger charge is -2.45. The zero-order valence-electron chi connectivity index (χ0n) is 14.1. The fraction of sp³-hybridized carbons (Fsp3) is 0.875. The third-order valence-corrected chi connectivity index (χ3v) is 4.95. The van der Waals surface area contributed by atoms with E-state index in [1.807, 2.05) is 0 Å². The molecule has 0 radical (unpaired) electrons. The van der Waals surface area contributed by atoms with Gasteiger partial charge in [0, 0.05) is 20.6 Å². The lowest BCUT2D eigenvalue weighted by molar-refractivity contribution is 0.0387. The van der Waals surface area contributed by atoms with Crippen LogP contribution in [0.3, 0.4) is 0 Å². The topological polar surface area (TPSA) is 3.24 Å². The number of nitrogens with zero attached hydrogens (tertiary/aromatic N) is 1. The van der Waals surface area contributed by atoms with Gasteiger partial charge in [-0.3, -0.25) is 4.90 Å². The van der Waals surface area contributed by atoms with E-state index in [4.69, 9.17) is 0 Å². The number of hydrogen-bond acceptors (Lipinski definition) is 1. The summed E-state index contributed by atoms with van der Waals surface area (Å²) >= 11 is 0. The summed E-state index contributed by atoms with van der Waals surface area (Å²) in [7, 11) is 0.135. The van der Waals surface area contributed by atoms with Gasteiger partial charge in [0.2, 0.25) is 0 Å². The highest BCUT2D eigenvalue weighted by Gasteiger charge is 2.30. The molecule has 108 valence electrons. The molecule has 0 aliphatic heterocycles. The Hall–Kier alpha value is -0.0831. The number of allylic oxidation sites excluding steroid dienone is 2. The quantitative estimate of drug-likeness (QED) is 0.396. The van der Waals surface area contributed by atoms with Crippen molar-refractivity contribution >= 4 is 9.52 Å². The molecule has 0 bridgehead atoms. The molecule has 0 amide bonds. The van der Waals surface area contributed by atoms with Crippen molar-refractivity contribution in [3.63, 3.8) is 0 Å². The molecule has 0 aromatic carbocycles. The Morgan fingerprint density at radius 3 is 1.89 bits per heavy atom. The van der Waals surface area contributed by atoms with E-state index < -0.39 is 0 Å². The SMILES string of the molecule is CC(C)=CC[SiH2]CCCN(C(C)(C)C)C(C)(C)C. The largest absolute Gasteiger partial charge is 0.294 e. The molecule has 0 rings (SSSR count). The lowest BCUT2D eigenvalue weighted by atomic mass is 9.96. The minimum Gasteiger partial charge on any atom is -0.294 e. The van der Waals surface area contributed by atoms with E-state index in [0.717, 1.165) is 0 Å². The maximum atomic E-state index is 2.65. The molecule has 1 nitrogen and oxygen atoms in total. The second-order valence-electron chi connectivity index (χ2n) is 7.62. The Labute approximate surface area is 118 Å². The van der Waals surface area contributed by atoms with E-state index in [1.165, 1.54) is 30.6 Å². The summed E-state index contributed by atoms with van der Waals surface area (Å²) in [4.78, 5) is 2.65. The van der Waals surface area contributed by atoms with Gasteiger partial charge in [-0.2, -0.15) is 0 Å². The van der Waals surface area contributed by atoms with E-state index >= 15 is 0 Å². The van der Waals surface area contributed by atoms with Gasteiger partial charge in [0.1, 0.15) is 0 Å². The van der Waals surface area contributed by atoms with Crippen LogP contribution < -0.4 is 0 Å². The van der Waals surface area contributed by atoms with Crippen molar-refractivity contribution < 1.29 is 0 Å². The van der Waals surface area contributed by atoms with Crippen LogP contribution in [0.15, 0.2) is 11.6 Å². The van der Waals surface area contributed by atoms with Gasteiger partial charge >= 0.3 is 0 Å². The Balaban J connectivity index is 4.04. The van der Waals surface area contributed by atoms with Crippen molar-refractivity contribution in [3.8, 4) is 0 Å². The summed E-state index contributed by atoms with van der Waals surface area (Å²) < 4.78 is 0. The van der Waals surface area contributed by atoms with Gasteiger partial charge in [0.25, 0.3) is 0 Å². The molecule has 0 aliphatic rings. The van der Waals surface area contributed by atoms with Gasteiger partial charge in [-0.1, -0.05) is 17.7 Å². The zero-order chi connectivity index (χ0) is 14.4. The molecule has 0 unspecified atom stereocenters. The highest BCUT2D eigenvalue weighted by Crippen LogP contribution is 2.25. The van der Waals surface area contributed by atoms with Gasteiger partial charge in [0.05, 0.1) is 0 Å². The molecule has 0 saturated carbocycles. The van der Waals surface area contributed by atoms with Crippen LogP contribution in [0.2, 0.25) is 12.1 Å². The van der Waals surface area contributed by atoms with E-state index in [0.29, 0.717) is 0 Å². The fourth-order valence-electron chi connectivity index (χ4n) is 2.66. The molecule has 0 aromatic heterocycles. The van der Waals surface area contributed by atoms with Gasteiger partial charge in [-0.25, -0.2) is 0 Å². The normalized spacial score (nSPS) is 13.6. The summed E-state index contributed by atoms with van der Waals surface area (Å²) in [6.45, 7) is 19.6. The molecule has 0 aromatic rings. The van der Waals surface area contributed by atoms with E-state index in [1.54, 1.807) is 0 Å². The molecule has 0 heterocycles. The monoisotopic (exact) mass is 269 g/mol. The fourth-order valence-corrected chi connectivity index (χ4v) is 4.31. The highest BCUT2D eigenvalue weighted by molar-refractivity contribution is 6.36. The zero-order valence-corrected chi connectivity index (χ0v) is 15.5. The van der Waals surface area contributed by atoms with Crippen LogP contribution in [-0.2, 0) is 0 Å². The summed E-state index contributed by atoms with van der Waals surface area (Å²) in [6.07, 6.45) is 3.79. The van der Waals surface area contributed by atoms with Crippen LogP contribution >= 0.6 is 0 Å². The van der Waals surface area contributed by atoms with E-state index in [9.17, 15) is 0 Å². The van der Waals surface area contributed by atoms with E-state index in [2.05, 4.69) is 66.4 Å². The van der Waals surface area contributed by atoms with Crippen molar-refractivity contribution in [2.45, 2.75) is 85.0 Å². The first-order valence-electron chi connectivity index (χ1n) is 7.46. The van der Waals surface area contributed by atoms with Gasteiger partial charge in [-0.05, 0) is 74.4 Å². The average molecular weight is 270 g/mol.